The van der Waals surface area contributed by atoms with Crippen molar-refractivity contribution < 1.29 is 4.79 Å². The Labute approximate surface area is 183 Å². The average Bonchev–Trinajstić information content (AvgIpc) is 3.21. The summed E-state index contributed by atoms with van der Waals surface area (Å²) in [7, 11) is 0. The first kappa shape index (κ1) is 20.9. The predicted octanol–water partition coefficient (Wildman–Crippen LogP) is 5.19. The average molecular weight is 431 g/mol. The van der Waals surface area contributed by atoms with Crippen LogP contribution in [0, 0.1) is 0 Å². The van der Waals surface area contributed by atoms with E-state index in [-0.39, 0.29) is 11.8 Å². The van der Waals surface area contributed by atoms with Crippen molar-refractivity contribution in [2.45, 2.75) is 50.6 Å². The van der Waals surface area contributed by atoms with Gasteiger partial charge in [0.2, 0.25) is 0 Å². The number of hydrogen-bond acceptors (Lipinski definition) is 3. The molecule has 0 saturated carbocycles. The van der Waals surface area contributed by atoms with Gasteiger partial charge in [0.05, 0.1) is 10.0 Å². The Bertz CT molecular complexity index is 910. The highest BCUT2D eigenvalue weighted by Gasteiger charge is 2.47. The van der Waals surface area contributed by atoms with E-state index in [1.807, 2.05) is 18.2 Å². The van der Waals surface area contributed by atoms with Gasteiger partial charge >= 0.3 is 0 Å². The van der Waals surface area contributed by atoms with Gasteiger partial charge in [-0.05, 0) is 67.6 Å². The second kappa shape index (κ2) is 8.39. The van der Waals surface area contributed by atoms with E-state index in [0.29, 0.717) is 28.9 Å². The normalized spacial score (nSPS) is 27.0. The third-order valence-corrected chi connectivity index (χ3v) is 7.36. The molecule has 2 aromatic rings. The fourth-order valence-electron chi connectivity index (χ4n) is 4.86. The summed E-state index contributed by atoms with van der Waals surface area (Å²) >= 11 is 12.3. The van der Waals surface area contributed by atoms with Gasteiger partial charge in [-0.15, -0.1) is 0 Å². The minimum atomic E-state index is -0.709. The van der Waals surface area contributed by atoms with Gasteiger partial charge in [-0.2, -0.15) is 0 Å². The summed E-state index contributed by atoms with van der Waals surface area (Å²) in [5.74, 6) is 0.546. The molecular formula is C24H28Cl2N2O. The number of nitrogens with zero attached hydrogens (tertiary/aromatic N) is 1. The Morgan fingerprint density at radius 3 is 2.55 bits per heavy atom. The number of fused-ring (bicyclic) bond motifs is 1. The van der Waals surface area contributed by atoms with Crippen LogP contribution in [0.4, 0.5) is 0 Å². The number of nitrogens with one attached hydrogen (secondary N) is 1. The third-order valence-electron chi connectivity index (χ3n) is 6.62. The highest BCUT2D eigenvalue weighted by Crippen LogP contribution is 2.39. The molecule has 2 aliphatic rings. The van der Waals surface area contributed by atoms with Crippen LogP contribution < -0.4 is 5.32 Å². The molecule has 3 atom stereocenters. The van der Waals surface area contributed by atoms with E-state index in [2.05, 4.69) is 42.3 Å². The lowest BCUT2D eigenvalue weighted by atomic mass is 9.72. The summed E-state index contributed by atoms with van der Waals surface area (Å²) < 4.78 is 0. The van der Waals surface area contributed by atoms with Crippen molar-refractivity contribution in [2.75, 3.05) is 19.6 Å². The molecule has 2 aromatic carbocycles. The van der Waals surface area contributed by atoms with Gasteiger partial charge in [-0.1, -0.05) is 60.5 Å². The molecule has 1 fully saturated rings. The van der Waals surface area contributed by atoms with E-state index in [9.17, 15) is 4.79 Å². The van der Waals surface area contributed by atoms with Gasteiger partial charge < -0.3 is 4.90 Å². The quantitative estimate of drug-likeness (QED) is 0.707. The Morgan fingerprint density at radius 2 is 1.83 bits per heavy atom. The maximum absolute atomic E-state index is 13.9. The van der Waals surface area contributed by atoms with Crippen molar-refractivity contribution >= 4 is 29.0 Å². The standard InChI is InChI=1S/C24H28Cl2N2O/c1-16-17(2)27-24(15-28-11-5-6-12-28,20-8-4-3-7-19(16)20)23(29)14-18-9-10-21(25)22(26)13-18/h3-4,7-10,13,16-17,27H,5-6,11-12,14-15H2,1-2H3. The van der Waals surface area contributed by atoms with Gasteiger partial charge in [0.1, 0.15) is 5.54 Å². The summed E-state index contributed by atoms with van der Waals surface area (Å²) in [4.78, 5) is 16.4. The number of Topliss-reactive ketones (excluding diaryl/α,β-unsaturated/α-hetero) is 1. The van der Waals surface area contributed by atoms with Crippen molar-refractivity contribution in [3.8, 4) is 0 Å². The van der Waals surface area contributed by atoms with Gasteiger partial charge in [0.25, 0.3) is 0 Å². The van der Waals surface area contributed by atoms with Crippen LogP contribution >= 0.6 is 23.2 Å². The van der Waals surface area contributed by atoms with Crippen LogP contribution in [0.25, 0.3) is 0 Å². The molecule has 1 saturated heterocycles. The van der Waals surface area contributed by atoms with Crippen LogP contribution in [0.1, 0.15) is 49.3 Å². The van der Waals surface area contributed by atoms with Crippen LogP contribution in [-0.2, 0) is 16.8 Å². The van der Waals surface area contributed by atoms with E-state index in [4.69, 9.17) is 23.2 Å². The highest BCUT2D eigenvalue weighted by atomic mass is 35.5. The van der Waals surface area contributed by atoms with Crippen LogP contribution in [-0.4, -0.2) is 36.4 Å². The van der Waals surface area contributed by atoms with Gasteiger partial charge in [-0.25, -0.2) is 0 Å². The molecule has 0 radical (unpaired) electrons. The first-order chi connectivity index (χ1) is 13.9. The molecule has 3 nitrogen and oxygen atoms in total. The van der Waals surface area contributed by atoms with E-state index in [1.54, 1.807) is 6.07 Å². The lowest BCUT2D eigenvalue weighted by Crippen LogP contribution is -2.62. The topological polar surface area (TPSA) is 32.3 Å². The zero-order valence-electron chi connectivity index (χ0n) is 17.1. The Morgan fingerprint density at radius 1 is 1.10 bits per heavy atom. The molecule has 2 heterocycles. The largest absolute Gasteiger partial charge is 0.301 e. The number of rotatable bonds is 5. The zero-order valence-corrected chi connectivity index (χ0v) is 18.6. The second-order valence-corrected chi connectivity index (χ2v) is 9.36. The molecule has 0 amide bonds. The molecular weight excluding hydrogens is 403 g/mol. The Kier molecular flexibility index (Phi) is 6.04. The molecule has 29 heavy (non-hydrogen) atoms. The summed E-state index contributed by atoms with van der Waals surface area (Å²) in [6.07, 6.45) is 2.72. The number of carbonyl (C=O) groups is 1. The number of carbonyl (C=O) groups excluding carboxylic acids is 1. The van der Waals surface area contributed by atoms with Crippen LogP contribution in [0.2, 0.25) is 10.0 Å². The van der Waals surface area contributed by atoms with Gasteiger partial charge in [-0.3, -0.25) is 10.1 Å². The molecule has 1 N–H and O–H groups in total. The fourth-order valence-corrected chi connectivity index (χ4v) is 5.18. The number of benzene rings is 2. The number of ketones is 1. The zero-order chi connectivity index (χ0) is 20.6. The van der Waals surface area contributed by atoms with Crippen molar-refractivity contribution in [2.24, 2.45) is 0 Å². The molecule has 0 aromatic heterocycles. The van der Waals surface area contributed by atoms with E-state index >= 15 is 0 Å². The minimum Gasteiger partial charge on any atom is -0.301 e. The summed E-state index contributed by atoms with van der Waals surface area (Å²) in [5, 5.41) is 4.76. The van der Waals surface area contributed by atoms with E-state index in [1.165, 1.54) is 18.4 Å². The van der Waals surface area contributed by atoms with Crippen LogP contribution in [0.15, 0.2) is 42.5 Å². The van der Waals surface area contributed by atoms with Crippen molar-refractivity contribution in [3.63, 3.8) is 0 Å². The third kappa shape index (κ3) is 3.98. The lowest BCUT2D eigenvalue weighted by Gasteiger charge is -2.46. The molecule has 3 unspecified atom stereocenters. The van der Waals surface area contributed by atoms with E-state index < -0.39 is 5.54 Å². The number of halogens is 2. The van der Waals surface area contributed by atoms with Crippen molar-refractivity contribution in [1.29, 1.82) is 0 Å². The molecule has 4 rings (SSSR count). The monoisotopic (exact) mass is 430 g/mol. The predicted molar refractivity (Wildman–Crippen MR) is 120 cm³/mol. The fraction of sp³-hybridized carbons (Fsp3) is 0.458. The molecule has 0 spiro atoms. The highest BCUT2D eigenvalue weighted by molar-refractivity contribution is 6.42. The summed E-state index contributed by atoms with van der Waals surface area (Å²) in [6, 6.07) is 14.1. The second-order valence-electron chi connectivity index (χ2n) is 8.55. The van der Waals surface area contributed by atoms with Crippen molar-refractivity contribution in [3.05, 3.63) is 69.2 Å². The van der Waals surface area contributed by atoms with Crippen LogP contribution in [0.3, 0.4) is 0 Å². The summed E-state index contributed by atoms with van der Waals surface area (Å²) in [6.45, 7) is 7.23. The molecule has 0 aliphatic carbocycles. The van der Waals surface area contributed by atoms with E-state index in [0.717, 1.165) is 24.2 Å². The maximum Gasteiger partial charge on any atom is 0.163 e. The minimum absolute atomic E-state index is 0.189. The SMILES string of the molecule is CC1NC(CN2CCCC2)(C(=O)Cc2ccc(Cl)c(Cl)c2)c2ccccc2C1C. The molecule has 154 valence electrons. The first-order valence-electron chi connectivity index (χ1n) is 10.5. The smallest absolute Gasteiger partial charge is 0.163 e. The first-order valence-corrected chi connectivity index (χ1v) is 11.2. The molecule has 5 heteroatoms. The maximum atomic E-state index is 13.9. The Hall–Kier alpha value is -1.39. The summed E-state index contributed by atoms with van der Waals surface area (Å²) in [5.41, 5.74) is 2.60. The van der Waals surface area contributed by atoms with Gasteiger partial charge in [0, 0.05) is 19.0 Å². The Balaban J connectivity index is 1.75. The lowest BCUT2D eigenvalue weighted by molar-refractivity contribution is -0.127. The number of hydrogen-bond donors (Lipinski definition) is 1. The van der Waals surface area contributed by atoms with Gasteiger partial charge in [0.15, 0.2) is 5.78 Å². The number of likely N-dealkylation sites (tertiary alicyclic amines) is 1. The molecule has 2 aliphatic heterocycles. The molecule has 0 bridgehead atoms. The van der Waals surface area contributed by atoms with Crippen molar-refractivity contribution in [1.82, 2.24) is 10.2 Å². The van der Waals surface area contributed by atoms with Crippen LogP contribution in [0.5, 0.6) is 0 Å².